The summed E-state index contributed by atoms with van der Waals surface area (Å²) in [7, 11) is -0.892. The number of allylic oxidation sites excluding steroid dienone is 4. The van der Waals surface area contributed by atoms with Gasteiger partial charge in [0, 0.05) is 0 Å². The van der Waals surface area contributed by atoms with Gasteiger partial charge >= 0.3 is 19.5 Å². The molecule has 0 atom stereocenters. The van der Waals surface area contributed by atoms with Gasteiger partial charge in [-0.15, -0.1) is 23.1 Å². The zero-order chi connectivity index (χ0) is 30.2. The molecule has 7 rings (SSSR count). The van der Waals surface area contributed by atoms with Gasteiger partial charge in [0.25, 0.3) is 0 Å². The summed E-state index contributed by atoms with van der Waals surface area (Å²) < 4.78 is 0. The maximum atomic E-state index is 5.43. The normalized spacial score (nSPS) is 11.4. The van der Waals surface area contributed by atoms with Crippen molar-refractivity contribution in [3.05, 3.63) is 205 Å². The number of hydrogen-bond donors (Lipinski definition) is 0. The van der Waals surface area contributed by atoms with Gasteiger partial charge in [0.1, 0.15) is 0 Å². The van der Waals surface area contributed by atoms with E-state index >= 15 is 0 Å². The molecule has 0 heterocycles. The van der Waals surface area contributed by atoms with Crippen molar-refractivity contribution in [2.75, 3.05) is 0 Å². The molecule has 0 saturated carbocycles. The summed E-state index contributed by atoms with van der Waals surface area (Å²) in [6.45, 7) is 0. The molecule has 4 heteroatoms. The van der Waals surface area contributed by atoms with Gasteiger partial charge in [0.15, 0.2) is 0 Å². The molecule has 0 aromatic heterocycles. The van der Waals surface area contributed by atoms with Gasteiger partial charge in [-0.25, -0.2) is 0 Å². The maximum absolute atomic E-state index is 5.43. The SMILES string of the molecule is ClC1=[C-]CC=C1.[Ru+].c1ccc(P(c2ccccc2)c2ccccc2)cc1.c1ccc(P(c2ccccc2)c2ccccc2)cc1. The molecule has 1 radical (unpaired) electrons. The Morgan fingerprint density at radius 2 is 0.600 bits per heavy atom. The third-order valence-corrected chi connectivity index (χ3v) is 11.9. The summed E-state index contributed by atoms with van der Waals surface area (Å²) in [5.41, 5.74) is 0. The van der Waals surface area contributed by atoms with Crippen molar-refractivity contribution in [3.63, 3.8) is 0 Å². The Balaban J connectivity index is 0.000000170. The van der Waals surface area contributed by atoms with E-state index in [0.29, 0.717) is 0 Å². The van der Waals surface area contributed by atoms with E-state index < -0.39 is 15.8 Å². The van der Waals surface area contributed by atoms with Crippen molar-refractivity contribution >= 4 is 59.3 Å². The van der Waals surface area contributed by atoms with Crippen molar-refractivity contribution in [3.8, 4) is 0 Å². The van der Waals surface area contributed by atoms with E-state index in [4.69, 9.17) is 11.6 Å². The van der Waals surface area contributed by atoms with Crippen molar-refractivity contribution < 1.29 is 19.5 Å². The van der Waals surface area contributed by atoms with Gasteiger partial charge < -0.3 is 0 Å². The zero-order valence-corrected chi connectivity index (χ0v) is 29.1. The van der Waals surface area contributed by atoms with Crippen LogP contribution < -0.4 is 31.8 Å². The summed E-state index contributed by atoms with van der Waals surface area (Å²) in [6.07, 6.45) is 7.60. The van der Waals surface area contributed by atoms with E-state index in [1.165, 1.54) is 31.8 Å². The first kappa shape index (κ1) is 34.4. The fourth-order valence-corrected chi connectivity index (χ4v) is 9.51. The molecule has 1 aliphatic rings. The summed E-state index contributed by atoms with van der Waals surface area (Å²) in [6, 6.07) is 64.7. The second-order valence-corrected chi connectivity index (χ2v) is 14.7. The second-order valence-electron chi connectivity index (χ2n) is 9.82. The Morgan fingerprint density at radius 1 is 0.378 bits per heavy atom. The van der Waals surface area contributed by atoms with Crippen molar-refractivity contribution in [2.24, 2.45) is 0 Å². The molecule has 6 aromatic carbocycles. The standard InChI is InChI=1S/2C18H15P.C5H4Cl.Ru/c2*1-4-10-16(11-5-1)19(17-12-6-2-7-13-17)18-14-8-3-9-15-18;6-5-3-1-2-4-5;/h2*1-15H;1,3H,2H2;/q;;-1;+1. The minimum atomic E-state index is -0.446. The number of benzene rings is 6. The van der Waals surface area contributed by atoms with Crippen LogP contribution in [0.15, 0.2) is 199 Å². The molecular formula is C41H34ClP2Ru. The molecule has 1 aliphatic carbocycles. The Labute approximate surface area is 288 Å². The molecule has 0 amide bonds. The van der Waals surface area contributed by atoms with E-state index in [0.717, 1.165) is 11.5 Å². The predicted molar refractivity (Wildman–Crippen MR) is 197 cm³/mol. The molecular weight excluding hydrogens is 691 g/mol. The third kappa shape index (κ3) is 10.6. The van der Waals surface area contributed by atoms with Crippen LogP contribution in [-0.4, -0.2) is 0 Å². The second kappa shape index (κ2) is 19.2. The molecule has 0 bridgehead atoms. The molecule has 0 aliphatic heterocycles. The average molecular weight is 725 g/mol. The van der Waals surface area contributed by atoms with Crippen LogP contribution in [0.5, 0.6) is 0 Å². The number of rotatable bonds is 6. The molecule has 45 heavy (non-hydrogen) atoms. The molecule has 0 saturated heterocycles. The van der Waals surface area contributed by atoms with Crippen LogP contribution >= 0.6 is 27.4 Å². The van der Waals surface area contributed by atoms with Gasteiger partial charge in [0.05, 0.1) is 0 Å². The Morgan fingerprint density at radius 3 is 0.733 bits per heavy atom. The monoisotopic (exact) mass is 725 g/mol. The zero-order valence-electron chi connectivity index (χ0n) is 24.8. The van der Waals surface area contributed by atoms with E-state index in [2.05, 4.69) is 188 Å². The Bertz CT molecular complexity index is 1400. The smallest absolute Gasteiger partial charge is 0.254 e. The van der Waals surface area contributed by atoms with Crippen LogP contribution in [0.3, 0.4) is 0 Å². The predicted octanol–water partition coefficient (Wildman–Crippen LogP) is 8.76. The summed E-state index contributed by atoms with van der Waals surface area (Å²) in [5.74, 6) is 0. The van der Waals surface area contributed by atoms with Crippen molar-refractivity contribution in [1.29, 1.82) is 0 Å². The third-order valence-electron chi connectivity index (χ3n) is 6.74. The summed E-state index contributed by atoms with van der Waals surface area (Å²) in [5, 5.41) is 9.13. The van der Waals surface area contributed by atoms with E-state index in [1.807, 2.05) is 12.2 Å². The topological polar surface area (TPSA) is 0 Å². The van der Waals surface area contributed by atoms with Crippen LogP contribution in [0.1, 0.15) is 6.42 Å². The number of hydrogen-bond acceptors (Lipinski definition) is 0. The first-order chi connectivity index (χ1) is 21.8. The fourth-order valence-electron chi connectivity index (χ4n) is 4.73. The van der Waals surface area contributed by atoms with Gasteiger partial charge in [-0.05, 0) is 47.7 Å². The average Bonchev–Trinajstić information content (AvgIpc) is 3.59. The molecule has 0 nitrogen and oxygen atoms in total. The quantitative estimate of drug-likeness (QED) is 0.0916. The minimum absolute atomic E-state index is 0. The van der Waals surface area contributed by atoms with Gasteiger partial charge in [-0.3, -0.25) is 6.08 Å². The Kier molecular flexibility index (Phi) is 14.7. The van der Waals surface area contributed by atoms with Crippen LogP contribution in [-0.2, 0) is 19.5 Å². The molecule has 0 N–H and O–H groups in total. The molecule has 6 aromatic rings. The summed E-state index contributed by atoms with van der Waals surface area (Å²) >= 11 is 5.43. The molecule has 0 fully saturated rings. The van der Waals surface area contributed by atoms with Gasteiger partial charge in [-0.1, -0.05) is 182 Å². The molecule has 0 unspecified atom stereocenters. The maximum Gasteiger partial charge on any atom is 1.00 e. The Hall–Kier alpha value is -3.43. The van der Waals surface area contributed by atoms with E-state index in [-0.39, 0.29) is 19.5 Å². The van der Waals surface area contributed by atoms with E-state index in [9.17, 15) is 0 Å². The van der Waals surface area contributed by atoms with Crippen molar-refractivity contribution in [2.45, 2.75) is 6.42 Å². The largest absolute Gasteiger partial charge is 1.00 e. The van der Waals surface area contributed by atoms with Gasteiger partial charge in [0.2, 0.25) is 0 Å². The van der Waals surface area contributed by atoms with Crippen LogP contribution in [0.2, 0.25) is 0 Å². The fraction of sp³-hybridized carbons (Fsp3) is 0.0244. The van der Waals surface area contributed by atoms with E-state index in [1.54, 1.807) is 0 Å². The minimum Gasteiger partial charge on any atom is -0.254 e. The molecule has 223 valence electrons. The van der Waals surface area contributed by atoms with Crippen LogP contribution in [0.25, 0.3) is 0 Å². The first-order valence-electron chi connectivity index (χ1n) is 14.6. The summed E-state index contributed by atoms with van der Waals surface area (Å²) in [4.78, 5) is 0. The van der Waals surface area contributed by atoms with Crippen molar-refractivity contribution in [1.82, 2.24) is 0 Å². The molecule has 0 spiro atoms. The van der Waals surface area contributed by atoms with Gasteiger partial charge in [-0.2, -0.15) is 12.2 Å². The van der Waals surface area contributed by atoms with Crippen LogP contribution in [0, 0.1) is 6.08 Å². The van der Waals surface area contributed by atoms with Crippen LogP contribution in [0.4, 0.5) is 0 Å². The number of halogens is 1. The first-order valence-corrected chi connectivity index (χ1v) is 17.7.